The molecule has 0 aromatic carbocycles. The monoisotopic (exact) mass is 330 g/mol. The summed E-state index contributed by atoms with van der Waals surface area (Å²) in [7, 11) is 2.02. The van der Waals surface area contributed by atoms with Crippen LogP contribution in [0.1, 0.15) is 38.6 Å². The quantitative estimate of drug-likeness (QED) is 0.895. The van der Waals surface area contributed by atoms with Gasteiger partial charge >= 0.3 is 0 Å². The van der Waals surface area contributed by atoms with Crippen LogP contribution in [0.25, 0.3) is 0 Å². The molecule has 1 atom stereocenters. The highest BCUT2D eigenvalue weighted by Gasteiger charge is 2.24. The van der Waals surface area contributed by atoms with E-state index in [0.29, 0.717) is 18.4 Å². The van der Waals surface area contributed by atoms with E-state index in [-0.39, 0.29) is 11.6 Å². The maximum atomic E-state index is 12.4. The van der Waals surface area contributed by atoms with Crippen LogP contribution in [0.5, 0.6) is 0 Å². The molecule has 3 heterocycles. The van der Waals surface area contributed by atoms with Crippen LogP contribution in [0.4, 0.5) is 5.82 Å². The normalized spacial score (nSPS) is 17.2. The molecule has 0 saturated carbocycles. The number of piperidine rings is 1. The van der Waals surface area contributed by atoms with Gasteiger partial charge in [0, 0.05) is 57.5 Å². The SMILES string of the molecule is CCn1ccnc(N2CCC(NC(C)c3nccn3C)CC2)c1=O. The molecule has 7 heteroatoms. The molecule has 0 radical (unpaired) electrons. The molecule has 2 aromatic heterocycles. The van der Waals surface area contributed by atoms with Crippen molar-refractivity contribution in [1.82, 2.24) is 24.4 Å². The van der Waals surface area contributed by atoms with Gasteiger partial charge in [0.05, 0.1) is 6.04 Å². The summed E-state index contributed by atoms with van der Waals surface area (Å²) in [6, 6.07) is 0.652. The van der Waals surface area contributed by atoms with Crippen LogP contribution in [0.2, 0.25) is 0 Å². The Labute approximate surface area is 142 Å². The molecule has 130 valence electrons. The van der Waals surface area contributed by atoms with E-state index >= 15 is 0 Å². The van der Waals surface area contributed by atoms with Gasteiger partial charge in [-0.2, -0.15) is 0 Å². The summed E-state index contributed by atoms with van der Waals surface area (Å²) in [5.41, 5.74) is 0.00721. The largest absolute Gasteiger partial charge is 0.352 e. The van der Waals surface area contributed by atoms with Gasteiger partial charge in [0.2, 0.25) is 0 Å². The number of imidazole rings is 1. The Hall–Kier alpha value is -2.15. The van der Waals surface area contributed by atoms with Crippen LogP contribution in [0, 0.1) is 0 Å². The Morgan fingerprint density at radius 1 is 1.25 bits per heavy atom. The summed E-state index contributed by atoms with van der Waals surface area (Å²) in [6.45, 7) is 6.49. The maximum absolute atomic E-state index is 12.4. The number of hydrogen-bond donors (Lipinski definition) is 1. The van der Waals surface area contributed by atoms with Gasteiger partial charge in [-0.3, -0.25) is 4.79 Å². The van der Waals surface area contributed by atoms with E-state index in [1.165, 1.54) is 0 Å². The lowest BCUT2D eigenvalue weighted by Gasteiger charge is -2.34. The Morgan fingerprint density at radius 2 is 1.96 bits per heavy atom. The van der Waals surface area contributed by atoms with Crippen molar-refractivity contribution in [3.63, 3.8) is 0 Å². The second-order valence-corrected chi connectivity index (χ2v) is 6.39. The van der Waals surface area contributed by atoms with Gasteiger partial charge in [0.15, 0.2) is 5.82 Å². The summed E-state index contributed by atoms with van der Waals surface area (Å²) in [5.74, 6) is 1.63. The number of nitrogens with one attached hydrogen (secondary N) is 1. The van der Waals surface area contributed by atoms with Crippen molar-refractivity contribution in [3.05, 3.63) is 41.0 Å². The van der Waals surface area contributed by atoms with E-state index < -0.39 is 0 Å². The predicted molar refractivity (Wildman–Crippen MR) is 94.2 cm³/mol. The lowest BCUT2D eigenvalue weighted by atomic mass is 10.0. The molecule has 0 amide bonds. The molecule has 2 aromatic rings. The third kappa shape index (κ3) is 3.36. The molecule has 1 saturated heterocycles. The number of nitrogens with zero attached hydrogens (tertiary/aromatic N) is 5. The standard InChI is InChI=1S/C17H26N6O/c1-4-22-12-8-19-16(17(22)24)23-9-5-14(6-10-23)20-13(2)15-18-7-11-21(15)3/h7-8,11-14,20H,4-6,9-10H2,1-3H3. The highest BCUT2D eigenvalue weighted by atomic mass is 16.1. The van der Waals surface area contributed by atoms with Crippen LogP contribution in [-0.2, 0) is 13.6 Å². The van der Waals surface area contributed by atoms with Gasteiger partial charge in [-0.05, 0) is 26.7 Å². The Kier molecular flexibility index (Phi) is 4.99. The minimum atomic E-state index is 0.00721. The minimum absolute atomic E-state index is 0.00721. The van der Waals surface area contributed by atoms with Crippen molar-refractivity contribution in [2.24, 2.45) is 7.05 Å². The number of aryl methyl sites for hydroxylation is 2. The van der Waals surface area contributed by atoms with E-state index in [1.807, 2.05) is 30.9 Å². The van der Waals surface area contributed by atoms with Crippen molar-refractivity contribution >= 4 is 5.82 Å². The summed E-state index contributed by atoms with van der Waals surface area (Å²) >= 11 is 0. The first-order valence-corrected chi connectivity index (χ1v) is 8.63. The van der Waals surface area contributed by atoms with Crippen LogP contribution < -0.4 is 15.8 Å². The average molecular weight is 330 g/mol. The van der Waals surface area contributed by atoms with Gasteiger partial charge in [-0.25, -0.2) is 9.97 Å². The maximum Gasteiger partial charge on any atom is 0.293 e. The van der Waals surface area contributed by atoms with Gasteiger partial charge in [0.25, 0.3) is 5.56 Å². The lowest BCUT2D eigenvalue weighted by Crippen LogP contribution is -2.45. The summed E-state index contributed by atoms with van der Waals surface area (Å²) in [6.07, 6.45) is 9.25. The molecule has 1 N–H and O–H groups in total. The van der Waals surface area contributed by atoms with E-state index in [9.17, 15) is 4.79 Å². The van der Waals surface area contributed by atoms with Crippen molar-refractivity contribution < 1.29 is 0 Å². The van der Waals surface area contributed by atoms with Gasteiger partial charge in [-0.15, -0.1) is 0 Å². The number of anilines is 1. The first-order chi connectivity index (χ1) is 11.6. The fourth-order valence-electron chi connectivity index (χ4n) is 3.38. The smallest absolute Gasteiger partial charge is 0.293 e. The molecule has 0 bridgehead atoms. The average Bonchev–Trinajstić information content (AvgIpc) is 3.02. The van der Waals surface area contributed by atoms with Gasteiger partial charge < -0.3 is 19.4 Å². The second-order valence-electron chi connectivity index (χ2n) is 6.39. The summed E-state index contributed by atoms with van der Waals surface area (Å²) < 4.78 is 3.75. The zero-order valence-electron chi connectivity index (χ0n) is 14.6. The van der Waals surface area contributed by atoms with E-state index in [0.717, 1.165) is 31.8 Å². The van der Waals surface area contributed by atoms with Crippen molar-refractivity contribution in [2.45, 2.75) is 45.3 Å². The molecule has 24 heavy (non-hydrogen) atoms. The van der Waals surface area contributed by atoms with Gasteiger partial charge in [0.1, 0.15) is 5.82 Å². The predicted octanol–water partition coefficient (Wildman–Crippen LogP) is 1.32. The molecule has 0 aliphatic carbocycles. The fraction of sp³-hybridized carbons (Fsp3) is 0.588. The van der Waals surface area contributed by atoms with Crippen molar-refractivity contribution in [3.8, 4) is 0 Å². The van der Waals surface area contributed by atoms with Crippen LogP contribution in [0.15, 0.2) is 29.6 Å². The van der Waals surface area contributed by atoms with E-state index in [2.05, 4.69) is 27.1 Å². The molecule has 7 nitrogen and oxygen atoms in total. The molecule has 1 aliphatic rings. The fourth-order valence-corrected chi connectivity index (χ4v) is 3.38. The molecular weight excluding hydrogens is 304 g/mol. The van der Waals surface area contributed by atoms with E-state index in [4.69, 9.17) is 0 Å². The Bertz CT molecular complexity index is 729. The van der Waals surface area contributed by atoms with Gasteiger partial charge in [-0.1, -0.05) is 0 Å². The second kappa shape index (κ2) is 7.17. The Balaban J connectivity index is 1.60. The third-order valence-electron chi connectivity index (χ3n) is 4.76. The van der Waals surface area contributed by atoms with E-state index in [1.54, 1.807) is 17.0 Å². The zero-order chi connectivity index (χ0) is 17.1. The zero-order valence-corrected chi connectivity index (χ0v) is 14.6. The topological polar surface area (TPSA) is 68.0 Å². The summed E-state index contributed by atoms with van der Waals surface area (Å²) in [4.78, 5) is 23.2. The lowest BCUT2D eigenvalue weighted by molar-refractivity contribution is 0.369. The number of rotatable bonds is 5. The molecule has 1 aliphatic heterocycles. The molecule has 1 fully saturated rings. The summed E-state index contributed by atoms with van der Waals surface area (Å²) in [5, 5.41) is 3.66. The third-order valence-corrected chi connectivity index (χ3v) is 4.76. The highest BCUT2D eigenvalue weighted by Crippen LogP contribution is 2.18. The molecule has 0 spiro atoms. The van der Waals surface area contributed by atoms with Crippen LogP contribution in [-0.4, -0.2) is 38.2 Å². The molecule has 1 unspecified atom stereocenters. The highest BCUT2D eigenvalue weighted by molar-refractivity contribution is 5.36. The molecule has 3 rings (SSSR count). The minimum Gasteiger partial charge on any atom is -0.352 e. The van der Waals surface area contributed by atoms with Crippen LogP contribution in [0.3, 0.4) is 0 Å². The first kappa shape index (κ1) is 16.7. The number of aromatic nitrogens is 4. The van der Waals surface area contributed by atoms with Crippen molar-refractivity contribution in [1.29, 1.82) is 0 Å². The van der Waals surface area contributed by atoms with Crippen molar-refractivity contribution in [2.75, 3.05) is 18.0 Å². The molecular formula is C17H26N6O. The first-order valence-electron chi connectivity index (χ1n) is 8.63. The number of hydrogen-bond acceptors (Lipinski definition) is 5. The Morgan fingerprint density at radius 3 is 2.58 bits per heavy atom. The van der Waals surface area contributed by atoms with Crippen LogP contribution >= 0.6 is 0 Å².